The molecule has 1 atom stereocenters. The highest BCUT2D eigenvalue weighted by atomic mass is 32.2. The lowest BCUT2D eigenvalue weighted by molar-refractivity contribution is -0.117. The SMILES string of the molecule is CS(=O)(=O)CC(c1ccc2c(c1)OCO2)N1C(=O)c2csc(NC(=O)C3CC3)c2C1=O. The Hall–Kier alpha value is -2.92. The molecule has 1 aliphatic carbocycles. The number of amides is 3. The number of fused-ring (bicyclic) bond motifs is 2. The van der Waals surface area contributed by atoms with E-state index >= 15 is 0 Å². The molecule has 0 radical (unpaired) electrons. The number of carbonyl (C=O) groups is 3. The first kappa shape index (κ1) is 20.0. The maximum Gasteiger partial charge on any atom is 0.265 e. The van der Waals surface area contributed by atoms with Gasteiger partial charge in [-0.25, -0.2) is 8.42 Å². The first-order valence-corrected chi connectivity index (χ1v) is 12.5. The lowest BCUT2D eigenvalue weighted by Gasteiger charge is -2.26. The lowest BCUT2D eigenvalue weighted by atomic mass is 10.1. The van der Waals surface area contributed by atoms with Gasteiger partial charge in [-0.3, -0.25) is 19.3 Å². The molecular weight excluding hydrogens is 444 g/mol. The number of carbonyl (C=O) groups excluding carboxylic acids is 3. The van der Waals surface area contributed by atoms with Crippen LogP contribution in [0.4, 0.5) is 5.00 Å². The van der Waals surface area contributed by atoms with Gasteiger partial charge < -0.3 is 14.8 Å². The van der Waals surface area contributed by atoms with E-state index in [-0.39, 0.29) is 29.7 Å². The van der Waals surface area contributed by atoms with E-state index in [1.165, 1.54) is 5.38 Å². The molecule has 1 unspecified atom stereocenters. The van der Waals surface area contributed by atoms with Gasteiger partial charge in [-0.15, -0.1) is 11.3 Å². The molecule has 1 fully saturated rings. The average Bonchev–Trinajstić information content (AvgIpc) is 3.23. The van der Waals surface area contributed by atoms with E-state index in [9.17, 15) is 22.8 Å². The Labute approximate surface area is 181 Å². The third-order valence-corrected chi connectivity index (χ3v) is 7.23. The minimum absolute atomic E-state index is 0.0398. The van der Waals surface area contributed by atoms with E-state index in [0.29, 0.717) is 22.1 Å². The molecule has 1 aromatic heterocycles. The van der Waals surface area contributed by atoms with Crippen molar-refractivity contribution >= 4 is 43.9 Å². The van der Waals surface area contributed by atoms with Crippen molar-refractivity contribution in [2.45, 2.75) is 18.9 Å². The van der Waals surface area contributed by atoms with Gasteiger partial charge in [0, 0.05) is 17.6 Å². The molecule has 1 saturated carbocycles. The largest absolute Gasteiger partial charge is 0.454 e. The van der Waals surface area contributed by atoms with Gasteiger partial charge in [0.1, 0.15) is 14.8 Å². The summed E-state index contributed by atoms with van der Waals surface area (Å²) in [6.45, 7) is 0.0398. The fraction of sp³-hybridized carbons (Fsp3) is 0.350. The number of rotatable bonds is 6. The fourth-order valence-electron chi connectivity index (χ4n) is 3.73. The Kier molecular flexibility index (Phi) is 4.56. The number of imide groups is 1. The van der Waals surface area contributed by atoms with Gasteiger partial charge >= 0.3 is 0 Å². The minimum atomic E-state index is -3.56. The van der Waals surface area contributed by atoms with Crippen LogP contribution < -0.4 is 14.8 Å². The van der Waals surface area contributed by atoms with Crippen LogP contribution in [0.3, 0.4) is 0 Å². The molecule has 0 saturated heterocycles. The molecule has 2 aromatic rings. The molecule has 3 aliphatic rings. The summed E-state index contributed by atoms with van der Waals surface area (Å²) in [7, 11) is -3.56. The normalized spacial score (nSPS) is 18.3. The van der Waals surface area contributed by atoms with Gasteiger partial charge in [-0.1, -0.05) is 6.07 Å². The molecule has 11 heteroatoms. The maximum absolute atomic E-state index is 13.3. The van der Waals surface area contributed by atoms with Crippen LogP contribution >= 0.6 is 11.3 Å². The van der Waals surface area contributed by atoms with Crippen molar-refractivity contribution in [3.05, 3.63) is 40.3 Å². The van der Waals surface area contributed by atoms with Crippen LogP contribution in [0, 0.1) is 5.92 Å². The summed E-state index contributed by atoms with van der Waals surface area (Å²) in [5.74, 6) is -0.972. The molecule has 3 heterocycles. The number of hydrogen-bond acceptors (Lipinski definition) is 8. The highest BCUT2D eigenvalue weighted by Crippen LogP contribution is 2.42. The fourth-order valence-corrected chi connectivity index (χ4v) is 5.58. The molecule has 2 aliphatic heterocycles. The van der Waals surface area contributed by atoms with E-state index in [4.69, 9.17) is 9.47 Å². The molecule has 5 rings (SSSR count). The second kappa shape index (κ2) is 7.06. The number of hydrogen-bond donors (Lipinski definition) is 1. The summed E-state index contributed by atoms with van der Waals surface area (Å²) in [4.78, 5) is 39.6. The Bertz CT molecular complexity index is 1230. The predicted octanol–water partition coefficient (Wildman–Crippen LogP) is 2.21. The molecule has 3 amide bonds. The van der Waals surface area contributed by atoms with Gasteiger partial charge in [-0.05, 0) is 30.5 Å². The Morgan fingerprint density at radius 2 is 1.97 bits per heavy atom. The summed E-state index contributed by atoms with van der Waals surface area (Å²) in [6, 6.07) is 3.77. The van der Waals surface area contributed by atoms with Gasteiger partial charge in [0.25, 0.3) is 11.8 Å². The van der Waals surface area contributed by atoms with Gasteiger partial charge in [0.05, 0.1) is 22.9 Å². The first-order valence-electron chi connectivity index (χ1n) is 9.60. The Balaban J connectivity index is 1.52. The summed E-state index contributed by atoms with van der Waals surface area (Å²) < 4.78 is 35.0. The van der Waals surface area contributed by atoms with Crippen molar-refractivity contribution in [2.24, 2.45) is 5.92 Å². The standard InChI is InChI=1S/C20H18N2O7S2/c1-31(26,27)8-13(11-4-5-14-15(6-11)29-9-28-14)22-19(24)12-7-30-18(16(12)20(22)25)21-17(23)10-2-3-10/h4-7,10,13H,2-3,8-9H2,1H3,(H,21,23). The topological polar surface area (TPSA) is 119 Å². The van der Waals surface area contributed by atoms with Crippen molar-refractivity contribution in [3.8, 4) is 11.5 Å². The summed E-state index contributed by atoms with van der Waals surface area (Å²) in [5.41, 5.74) is 0.720. The molecule has 9 nitrogen and oxygen atoms in total. The summed E-state index contributed by atoms with van der Waals surface area (Å²) >= 11 is 1.12. The van der Waals surface area contributed by atoms with Crippen LogP contribution in [0.15, 0.2) is 23.6 Å². The number of thiophene rings is 1. The van der Waals surface area contributed by atoms with Gasteiger partial charge in [0.15, 0.2) is 11.5 Å². The smallest absolute Gasteiger partial charge is 0.265 e. The number of nitrogens with zero attached hydrogens (tertiary/aromatic N) is 1. The van der Waals surface area contributed by atoms with E-state index in [0.717, 1.165) is 35.3 Å². The third kappa shape index (κ3) is 3.57. The minimum Gasteiger partial charge on any atom is -0.454 e. The Morgan fingerprint density at radius 3 is 2.68 bits per heavy atom. The Morgan fingerprint density at radius 1 is 1.23 bits per heavy atom. The van der Waals surface area contributed by atoms with E-state index < -0.39 is 33.4 Å². The molecule has 162 valence electrons. The molecule has 0 spiro atoms. The molecule has 1 aromatic carbocycles. The van der Waals surface area contributed by atoms with Crippen molar-refractivity contribution < 1.29 is 32.3 Å². The van der Waals surface area contributed by atoms with Crippen LogP contribution in [0.25, 0.3) is 0 Å². The summed E-state index contributed by atoms with van der Waals surface area (Å²) in [6.07, 6.45) is 2.66. The number of sulfone groups is 1. The molecular formula is C20H18N2O7S2. The van der Waals surface area contributed by atoms with Crippen LogP contribution in [0.1, 0.15) is 45.2 Å². The van der Waals surface area contributed by atoms with Crippen molar-refractivity contribution in [3.63, 3.8) is 0 Å². The third-order valence-electron chi connectivity index (χ3n) is 5.41. The van der Waals surface area contributed by atoms with Crippen molar-refractivity contribution in [2.75, 3.05) is 24.1 Å². The van der Waals surface area contributed by atoms with Crippen LogP contribution in [-0.2, 0) is 14.6 Å². The number of anilines is 1. The number of benzene rings is 1. The quantitative estimate of drug-likeness (QED) is 0.654. The van der Waals surface area contributed by atoms with Crippen molar-refractivity contribution in [1.29, 1.82) is 0 Å². The second-order valence-electron chi connectivity index (χ2n) is 7.82. The highest BCUT2D eigenvalue weighted by molar-refractivity contribution is 7.90. The van der Waals surface area contributed by atoms with E-state index in [1.54, 1.807) is 18.2 Å². The predicted molar refractivity (Wildman–Crippen MR) is 111 cm³/mol. The van der Waals surface area contributed by atoms with Crippen LogP contribution in [0.5, 0.6) is 11.5 Å². The van der Waals surface area contributed by atoms with Gasteiger partial charge in [-0.2, -0.15) is 0 Å². The summed E-state index contributed by atoms with van der Waals surface area (Å²) in [5, 5.41) is 4.58. The monoisotopic (exact) mass is 462 g/mol. The van der Waals surface area contributed by atoms with Crippen LogP contribution in [-0.4, -0.2) is 49.8 Å². The second-order valence-corrected chi connectivity index (χ2v) is 10.9. The zero-order chi connectivity index (χ0) is 21.9. The molecule has 31 heavy (non-hydrogen) atoms. The lowest BCUT2D eigenvalue weighted by Crippen LogP contribution is -2.38. The van der Waals surface area contributed by atoms with E-state index in [2.05, 4.69) is 5.32 Å². The average molecular weight is 463 g/mol. The zero-order valence-electron chi connectivity index (χ0n) is 16.4. The van der Waals surface area contributed by atoms with Crippen LogP contribution in [0.2, 0.25) is 0 Å². The van der Waals surface area contributed by atoms with Crippen molar-refractivity contribution in [1.82, 2.24) is 4.90 Å². The molecule has 0 bridgehead atoms. The first-order chi connectivity index (χ1) is 14.7. The molecule has 1 N–H and O–H groups in total. The highest BCUT2D eigenvalue weighted by Gasteiger charge is 2.45. The van der Waals surface area contributed by atoms with Gasteiger partial charge in [0.2, 0.25) is 12.7 Å². The number of nitrogens with one attached hydrogen (secondary N) is 1. The number of ether oxygens (including phenoxy) is 2. The maximum atomic E-state index is 13.3. The van der Waals surface area contributed by atoms with E-state index in [1.807, 2.05) is 0 Å². The zero-order valence-corrected chi connectivity index (χ0v) is 18.0.